The second kappa shape index (κ2) is 10.8. The Morgan fingerprint density at radius 1 is 0.703 bits per heavy atom. The summed E-state index contributed by atoms with van der Waals surface area (Å²) in [5.74, 6) is -5.40. The van der Waals surface area contributed by atoms with Gasteiger partial charge in [-0.25, -0.2) is 17.6 Å². The summed E-state index contributed by atoms with van der Waals surface area (Å²) in [6.07, 6.45) is -2.42. The quantitative estimate of drug-likeness (QED) is 0.211. The molecule has 194 valence electrons. The van der Waals surface area contributed by atoms with E-state index in [9.17, 15) is 26.3 Å². The minimum Gasteiger partial charge on any atom is -0.399 e. The third-order valence-corrected chi connectivity index (χ3v) is 6.16. The number of ether oxygens (including phenoxy) is 1. The van der Waals surface area contributed by atoms with Gasteiger partial charge in [0, 0.05) is 10.9 Å². The first-order valence-electron chi connectivity index (χ1n) is 11.8. The van der Waals surface area contributed by atoms with Crippen LogP contribution in [-0.2, 0) is 19.3 Å². The third-order valence-electron chi connectivity index (χ3n) is 6.16. The maximum Gasteiger partial charge on any atom is 0.573 e. The zero-order chi connectivity index (χ0) is 26.7. The van der Waals surface area contributed by atoms with Gasteiger partial charge in [0.15, 0.2) is 11.6 Å². The highest BCUT2D eigenvalue weighted by atomic mass is 19.4. The molecular formula is C29H23F7O. The molecule has 0 saturated carbocycles. The molecule has 0 aliphatic rings. The number of halogens is 7. The summed E-state index contributed by atoms with van der Waals surface area (Å²) in [5, 5.41) is 0.853. The molecule has 0 atom stereocenters. The molecule has 0 spiro atoms. The summed E-state index contributed by atoms with van der Waals surface area (Å²) >= 11 is 0. The number of benzene rings is 4. The summed E-state index contributed by atoms with van der Waals surface area (Å²) in [6, 6.07) is 14.7. The molecule has 0 aromatic heterocycles. The molecule has 0 N–H and O–H groups in total. The Bertz CT molecular complexity index is 1400. The van der Waals surface area contributed by atoms with Gasteiger partial charge in [0.05, 0.1) is 0 Å². The standard InChI is InChI=1S/C29H23F7O/c1-2-3-4-17-6-11-22(24(30)13-17)20-10-12-23-21(16-20)9-8-19(27(23)33)7-5-18-14-25(31)28(26(32)15-18)37-29(34,35)36/h6,8-16H,2-5,7H2,1H3. The van der Waals surface area contributed by atoms with Crippen molar-refractivity contribution in [2.75, 3.05) is 0 Å². The lowest BCUT2D eigenvalue weighted by molar-refractivity contribution is -0.276. The monoisotopic (exact) mass is 520 g/mol. The second-order valence-corrected chi connectivity index (χ2v) is 8.83. The maximum absolute atomic E-state index is 15.2. The highest BCUT2D eigenvalue weighted by Crippen LogP contribution is 2.32. The van der Waals surface area contributed by atoms with Crippen molar-refractivity contribution >= 4 is 10.8 Å². The number of hydrogen-bond donors (Lipinski definition) is 0. The van der Waals surface area contributed by atoms with E-state index < -0.39 is 29.6 Å². The molecule has 0 aliphatic heterocycles. The minimum atomic E-state index is -5.23. The highest BCUT2D eigenvalue weighted by molar-refractivity contribution is 5.88. The maximum atomic E-state index is 15.2. The molecule has 4 aromatic rings. The van der Waals surface area contributed by atoms with Crippen LogP contribution in [0.15, 0.2) is 60.7 Å². The Balaban J connectivity index is 1.53. The van der Waals surface area contributed by atoms with Crippen molar-refractivity contribution in [3.05, 3.63) is 101 Å². The Morgan fingerprint density at radius 2 is 1.41 bits per heavy atom. The second-order valence-electron chi connectivity index (χ2n) is 8.83. The smallest absolute Gasteiger partial charge is 0.399 e. The van der Waals surface area contributed by atoms with Gasteiger partial charge in [0.2, 0.25) is 5.75 Å². The van der Waals surface area contributed by atoms with Gasteiger partial charge in [-0.1, -0.05) is 49.7 Å². The van der Waals surface area contributed by atoms with Crippen molar-refractivity contribution in [1.82, 2.24) is 0 Å². The van der Waals surface area contributed by atoms with E-state index in [1.807, 2.05) is 6.07 Å². The fraction of sp³-hybridized carbons (Fsp3) is 0.241. The van der Waals surface area contributed by atoms with Crippen LogP contribution >= 0.6 is 0 Å². The van der Waals surface area contributed by atoms with E-state index in [0.717, 1.165) is 37.0 Å². The number of aryl methyl sites for hydroxylation is 3. The van der Waals surface area contributed by atoms with Crippen LogP contribution in [0.1, 0.15) is 36.5 Å². The molecule has 0 bridgehead atoms. The highest BCUT2D eigenvalue weighted by Gasteiger charge is 2.34. The number of alkyl halides is 3. The minimum absolute atomic E-state index is 0.0176. The molecule has 0 unspecified atom stereocenters. The third kappa shape index (κ3) is 6.24. The summed E-state index contributed by atoms with van der Waals surface area (Å²) in [4.78, 5) is 0. The molecule has 0 heterocycles. The molecule has 0 amide bonds. The van der Waals surface area contributed by atoms with Gasteiger partial charge >= 0.3 is 6.36 Å². The zero-order valence-corrected chi connectivity index (χ0v) is 19.9. The van der Waals surface area contributed by atoms with Crippen LogP contribution in [0.5, 0.6) is 5.75 Å². The van der Waals surface area contributed by atoms with Crippen LogP contribution in [0.25, 0.3) is 21.9 Å². The zero-order valence-electron chi connectivity index (χ0n) is 19.9. The summed E-state index contributed by atoms with van der Waals surface area (Å²) in [7, 11) is 0. The molecule has 37 heavy (non-hydrogen) atoms. The van der Waals surface area contributed by atoms with Gasteiger partial charge in [-0.2, -0.15) is 0 Å². The predicted octanol–water partition coefficient (Wildman–Crippen LogP) is 9.09. The molecule has 4 aromatic carbocycles. The first-order chi connectivity index (χ1) is 17.6. The molecule has 0 radical (unpaired) electrons. The predicted molar refractivity (Wildman–Crippen MR) is 128 cm³/mol. The Kier molecular flexibility index (Phi) is 7.76. The van der Waals surface area contributed by atoms with E-state index >= 15 is 4.39 Å². The van der Waals surface area contributed by atoms with Gasteiger partial charge in [-0.05, 0) is 77.6 Å². The van der Waals surface area contributed by atoms with Crippen molar-refractivity contribution < 1.29 is 35.5 Å². The first-order valence-corrected chi connectivity index (χ1v) is 11.8. The van der Waals surface area contributed by atoms with Crippen LogP contribution in [0.3, 0.4) is 0 Å². The number of rotatable bonds is 8. The summed E-state index contributed by atoms with van der Waals surface area (Å²) in [5.41, 5.74) is 2.25. The fourth-order valence-electron chi connectivity index (χ4n) is 4.28. The van der Waals surface area contributed by atoms with Crippen molar-refractivity contribution in [3.63, 3.8) is 0 Å². The topological polar surface area (TPSA) is 9.23 Å². The largest absolute Gasteiger partial charge is 0.573 e. The fourth-order valence-corrected chi connectivity index (χ4v) is 4.28. The molecule has 8 heteroatoms. The van der Waals surface area contributed by atoms with Crippen LogP contribution < -0.4 is 4.74 Å². The van der Waals surface area contributed by atoms with Gasteiger partial charge in [0.1, 0.15) is 11.6 Å². The Labute approximate surface area is 209 Å². The molecule has 4 rings (SSSR count). The summed E-state index contributed by atoms with van der Waals surface area (Å²) < 4.78 is 98.2. The molecule has 0 saturated heterocycles. The van der Waals surface area contributed by atoms with Gasteiger partial charge < -0.3 is 4.74 Å². The first kappa shape index (κ1) is 26.5. The van der Waals surface area contributed by atoms with Gasteiger partial charge in [-0.15, -0.1) is 13.2 Å². The molecule has 1 nitrogen and oxygen atoms in total. The number of unbranched alkanes of at least 4 members (excludes halogenated alkanes) is 1. The normalized spacial score (nSPS) is 11.8. The van der Waals surface area contributed by atoms with Crippen molar-refractivity contribution in [3.8, 4) is 16.9 Å². The van der Waals surface area contributed by atoms with Crippen LogP contribution in [0.2, 0.25) is 0 Å². The average molecular weight is 520 g/mol. The van der Waals surface area contributed by atoms with E-state index in [-0.39, 0.29) is 29.8 Å². The van der Waals surface area contributed by atoms with E-state index in [1.165, 1.54) is 12.1 Å². The lowest BCUT2D eigenvalue weighted by Crippen LogP contribution is -2.19. The molecular weight excluding hydrogens is 497 g/mol. The average Bonchev–Trinajstić information content (AvgIpc) is 2.84. The SMILES string of the molecule is CCCCc1ccc(-c2ccc3c(F)c(CCc4cc(F)c(OC(F)(F)F)c(F)c4)ccc3c2)c(F)c1. The van der Waals surface area contributed by atoms with Crippen molar-refractivity contribution in [2.45, 2.75) is 45.4 Å². The van der Waals surface area contributed by atoms with Crippen LogP contribution in [-0.4, -0.2) is 6.36 Å². The van der Waals surface area contributed by atoms with Gasteiger partial charge in [0.25, 0.3) is 0 Å². The van der Waals surface area contributed by atoms with Crippen molar-refractivity contribution in [1.29, 1.82) is 0 Å². The summed E-state index contributed by atoms with van der Waals surface area (Å²) in [6.45, 7) is 2.07. The number of hydrogen-bond acceptors (Lipinski definition) is 1. The van der Waals surface area contributed by atoms with Crippen LogP contribution in [0, 0.1) is 23.3 Å². The lowest BCUT2D eigenvalue weighted by atomic mass is 9.96. The van der Waals surface area contributed by atoms with E-state index in [0.29, 0.717) is 21.9 Å². The van der Waals surface area contributed by atoms with Crippen molar-refractivity contribution in [2.24, 2.45) is 0 Å². The Hall–Kier alpha value is -3.55. The van der Waals surface area contributed by atoms with E-state index in [1.54, 1.807) is 30.3 Å². The molecule has 0 fully saturated rings. The van der Waals surface area contributed by atoms with E-state index in [4.69, 9.17) is 0 Å². The molecule has 0 aliphatic carbocycles. The lowest BCUT2D eigenvalue weighted by Gasteiger charge is -2.12. The Morgan fingerprint density at radius 3 is 2.05 bits per heavy atom. The van der Waals surface area contributed by atoms with Gasteiger partial charge in [-0.3, -0.25) is 0 Å². The van der Waals surface area contributed by atoms with Crippen LogP contribution in [0.4, 0.5) is 30.7 Å². The van der Waals surface area contributed by atoms with E-state index in [2.05, 4.69) is 11.7 Å². The number of fused-ring (bicyclic) bond motifs is 1.